The number of thiophene rings is 1. The molecule has 0 aliphatic heterocycles. The first-order chi connectivity index (χ1) is 12.9. The number of halogens is 1. The Hall–Kier alpha value is -2.57. The maximum Gasteiger partial charge on any atom is 0.341 e. The number of rotatable bonds is 5. The van der Waals surface area contributed by atoms with Crippen LogP contribution >= 0.6 is 22.9 Å². The average Bonchev–Trinajstić information content (AvgIpc) is 2.99. The van der Waals surface area contributed by atoms with Crippen LogP contribution < -0.4 is 4.90 Å². The van der Waals surface area contributed by atoms with Gasteiger partial charge in [-0.3, -0.25) is 9.69 Å². The van der Waals surface area contributed by atoms with Gasteiger partial charge in [-0.05, 0) is 36.8 Å². The van der Waals surface area contributed by atoms with Gasteiger partial charge in [0.15, 0.2) is 0 Å². The number of phenolic OH excluding ortho intramolecular Hbond substituents is 1. The van der Waals surface area contributed by atoms with Crippen molar-refractivity contribution in [2.75, 3.05) is 11.5 Å². The maximum absolute atomic E-state index is 12.6. The number of ether oxygens (including phenoxy) is 1. The highest BCUT2D eigenvalue weighted by atomic mass is 35.5. The zero-order valence-corrected chi connectivity index (χ0v) is 16.4. The molecular weight excluding hydrogens is 386 g/mol. The van der Waals surface area contributed by atoms with E-state index in [1.165, 1.54) is 29.2 Å². The van der Waals surface area contributed by atoms with Crippen LogP contribution in [-0.4, -0.2) is 23.6 Å². The molecule has 1 heterocycles. The molecule has 0 saturated heterocycles. The first-order valence-corrected chi connectivity index (χ1v) is 9.56. The fourth-order valence-corrected chi connectivity index (χ4v) is 4.25. The molecule has 7 heteroatoms. The summed E-state index contributed by atoms with van der Waals surface area (Å²) in [7, 11) is 0. The molecule has 3 aromatic rings. The zero-order valence-electron chi connectivity index (χ0n) is 14.9. The van der Waals surface area contributed by atoms with Gasteiger partial charge in [0.05, 0.1) is 13.2 Å². The van der Waals surface area contributed by atoms with Crippen LogP contribution in [0.3, 0.4) is 0 Å². The van der Waals surface area contributed by atoms with E-state index in [1.807, 2.05) is 18.2 Å². The Bertz CT molecular complexity index is 1010. The molecule has 1 aromatic heterocycles. The van der Waals surface area contributed by atoms with Crippen molar-refractivity contribution in [2.45, 2.75) is 20.4 Å². The van der Waals surface area contributed by atoms with Gasteiger partial charge in [-0.2, -0.15) is 0 Å². The molecule has 140 valence electrons. The fraction of sp³-hybridized carbons (Fsp3) is 0.200. The third-order valence-electron chi connectivity index (χ3n) is 4.05. The first kappa shape index (κ1) is 19.2. The largest absolute Gasteiger partial charge is 0.508 e. The van der Waals surface area contributed by atoms with Gasteiger partial charge in [0.25, 0.3) is 0 Å². The van der Waals surface area contributed by atoms with Gasteiger partial charge >= 0.3 is 5.97 Å². The average molecular weight is 404 g/mol. The molecule has 5 nitrogen and oxygen atoms in total. The van der Waals surface area contributed by atoms with E-state index >= 15 is 0 Å². The summed E-state index contributed by atoms with van der Waals surface area (Å²) in [5.41, 5.74) is 1.09. The van der Waals surface area contributed by atoms with Crippen LogP contribution in [0.25, 0.3) is 10.1 Å². The third kappa shape index (κ3) is 3.91. The van der Waals surface area contributed by atoms with Crippen LogP contribution in [0.15, 0.2) is 42.5 Å². The summed E-state index contributed by atoms with van der Waals surface area (Å²) in [6, 6.07) is 12.0. The lowest BCUT2D eigenvalue weighted by atomic mass is 10.1. The van der Waals surface area contributed by atoms with Gasteiger partial charge in [-0.25, -0.2) is 4.79 Å². The van der Waals surface area contributed by atoms with Crippen molar-refractivity contribution in [2.24, 2.45) is 0 Å². The van der Waals surface area contributed by atoms with Crippen LogP contribution in [0.1, 0.15) is 29.8 Å². The van der Waals surface area contributed by atoms with Crippen LogP contribution in [0, 0.1) is 0 Å². The maximum atomic E-state index is 12.6. The number of carbonyl (C=O) groups is 2. The van der Waals surface area contributed by atoms with Crippen molar-refractivity contribution < 1.29 is 19.4 Å². The molecule has 0 aliphatic carbocycles. The van der Waals surface area contributed by atoms with Crippen LogP contribution in [0.2, 0.25) is 5.02 Å². The topological polar surface area (TPSA) is 66.8 Å². The smallest absolute Gasteiger partial charge is 0.341 e. The molecule has 0 bridgehead atoms. The lowest BCUT2D eigenvalue weighted by Gasteiger charge is -2.21. The fourth-order valence-electron chi connectivity index (χ4n) is 2.79. The van der Waals surface area contributed by atoms with Crippen LogP contribution in [0.4, 0.5) is 5.00 Å². The summed E-state index contributed by atoms with van der Waals surface area (Å²) < 4.78 is 5.90. The van der Waals surface area contributed by atoms with Crippen molar-refractivity contribution >= 4 is 49.9 Å². The molecule has 27 heavy (non-hydrogen) atoms. The molecule has 0 spiro atoms. The molecule has 0 unspecified atom stereocenters. The molecule has 0 radical (unpaired) electrons. The number of anilines is 1. The molecule has 3 rings (SSSR count). The number of hydrogen-bond donors (Lipinski definition) is 1. The highest BCUT2D eigenvalue weighted by Crippen LogP contribution is 2.41. The van der Waals surface area contributed by atoms with E-state index in [4.69, 9.17) is 16.3 Å². The molecule has 1 amide bonds. The summed E-state index contributed by atoms with van der Waals surface area (Å²) >= 11 is 7.51. The van der Waals surface area contributed by atoms with E-state index in [2.05, 4.69) is 0 Å². The van der Waals surface area contributed by atoms with Gasteiger partial charge in [0.2, 0.25) is 5.91 Å². The van der Waals surface area contributed by atoms with E-state index in [0.717, 1.165) is 5.56 Å². The molecule has 0 atom stereocenters. The predicted molar refractivity (Wildman–Crippen MR) is 108 cm³/mol. The number of phenols is 1. The SMILES string of the molecule is CCOC(=O)c1c(N(Cc2ccccc2Cl)C(C)=O)sc2cc(O)ccc12. The van der Waals surface area contributed by atoms with Crippen LogP contribution in [0.5, 0.6) is 5.75 Å². The highest BCUT2D eigenvalue weighted by molar-refractivity contribution is 7.23. The molecule has 0 fully saturated rings. The molecule has 0 saturated carbocycles. The minimum Gasteiger partial charge on any atom is -0.508 e. The second-order valence-electron chi connectivity index (χ2n) is 5.88. The lowest BCUT2D eigenvalue weighted by Crippen LogP contribution is -2.28. The van der Waals surface area contributed by atoms with Gasteiger partial charge in [-0.15, -0.1) is 11.3 Å². The number of benzene rings is 2. The summed E-state index contributed by atoms with van der Waals surface area (Å²) in [6.07, 6.45) is 0. The molecule has 1 N–H and O–H groups in total. The second kappa shape index (κ2) is 7.98. The highest BCUT2D eigenvalue weighted by Gasteiger charge is 2.27. The normalized spacial score (nSPS) is 10.8. The minimum absolute atomic E-state index is 0.0891. The van der Waals surface area contributed by atoms with Crippen molar-refractivity contribution in [3.05, 3.63) is 58.6 Å². The minimum atomic E-state index is -0.505. The third-order valence-corrected chi connectivity index (χ3v) is 5.59. The monoisotopic (exact) mass is 403 g/mol. The Morgan fingerprint density at radius 1 is 1.22 bits per heavy atom. The van der Waals surface area contributed by atoms with Gasteiger partial charge < -0.3 is 9.84 Å². The standard InChI is InChI=1S/C20H18ClNO4S/c1-3-26-20(25)18-15-9-8-14(24)10-17(15)27-19(18)22(12(2)23)11-13-6-4-5-7-16(13)21/h4-10,24H,3,11H2,1-2H3. The van der Waals surface area contributed by atoms with E-state index in [9.17, 15) is 14.7 Å². The van der Waals surface area contributed by atoms with Gasteiger partial charge in [-0.1, -0.05) is 29.8 Å². The Morgan fingerprint density at radius 2 is 1.96 bits per heavy atom. The first-order valence-electron chi connectivity index (χ1n) is 8.36. The predicted octanol–water partition coefficient (Wildman–Crippen LogP) is 4.99. The van der Waals surface area contributed by atoms with E-state index in [0.29, 0.717) is 25.7 Å². The summed E-state index contributed by atoms with van der Waals surface area (Å²) in [4.78, 5) is 26.6. The van der Waals surface area contributed by atoms with Crippen molar-refractivity contribution in [1.82, 2.24) is 0 Å². The van der Waals surface area contributed by atoms with Crippen LogP contribution in [-0.2, 0) is 16.1 Å². The molecule has 2 aromatic carbocycles. The Labute approximate surface area is 165 Å². The Kier molecular flexibility index (Phi) is 5.68. The van der Waals surface area contributed by atoms with E-state index in [1.54, 1.807) is 25.1 Å². The summed E-state index contributed by atoms with van der Waals surface area (Å²) in [5.74, 6) is -0.641. The second-order valence-corrected chi connectivity index (χ2v) is 7.32. The number of amides is 1. The van der Waals surface area contributed by atoms with Crippen molar-refractivity contribution in [3.8, 4) is 5.75 Å². The number of nitrogens with zero attached hydrogens (tertiary/aromatic N) is 1. The number of carbonyl (C=O) groups excluding carboxylic acids is 2. The van der Waals surface area contributed by atoms with E-state index in [-0.39, 0.29) is 24.8 Å². The lowest BCUT2D eigenvalue weighted by molar-refractivity contribution is -0.116. The summed E-state index contributed by atoms with van der Waals surface area (Å²) in [5, 5.41) is 11.4. The quantitative estimate of drug-likeness (QED) is 0.609. The summed E-state index contributed by atoms with van der Waals surface area (Å²) in [6.45, 7) is 3.61. The van der Waals surface area contributed by atoms with E-state index < -0.39 is 5.97 Å². The van der Waals surface area contributed by atoms with Crippen molar-refractivity contribution in [3.63, 3.8) is 0 Å². The van der Waals surface area contributed by atoms with Gasteiger partial charge in [0, 0.05) is 22.0 Å². The molecule has 0 aliphatic rings. The number of esters is 1. The number of hydrogen-bond acceptors (Lipinski definition) is 5. The zero-order chi connectivity index (χ0) is 19.6. The molecular formula is C20H18ClNO4S. The number of fused-ring (bicyclic) bond motifs is 1. The number of aromatic hydroxyl groups is 1. The Morgan fingerprint density at radius 3 is 2.63 bits per heavy atom. The van der Waals surface area contributed by atoms with Gasteiger partial charge in [0.1, 0.15) is 16.3 Å². The van der Waals surface area contributed by atoms with Crippen molar-refractivity contribution in [1.29, 1.82) is 0 Å². The Balaban J connectivity index is 2.16.